The Morgan fingerprint density at radius 3 is 2.57 bits per heavy atom. The number of carboxylic acids is 1. The molecule has 0 aromatic heterocycles. The van der Waals surface area contributed by atoms with Gasteiger partial charge in [0.1, 0.15) is 11.3 Å². The van der Waals surface area contributed by atoms with Gasteiger partial charge in [-0.15, -0.1) is 0 Å². The fourth-order valence-corrected chi connectivity index (χ4v) is 3.20. The van der Waals surface area contributed by atoms with Crippen LogP contribution in [0.25, 0.3) is 0 Å². The summed E-state index contributed by atoms with van der Waals surface area (Å²) in [5.41, 5.74) is -0.00971. The second-order valence-electron chi connectivity index (χ2n) is 6.34. The Bertz CT molecular complexity index is 483. The molecule has 0 amide bonds. The summed E-state index contributed by atoms with van der Waals surface area (Å²) in [7, 11) is 1.62. The maximum atomic E-state index is 11.9. The van der Waals surface area contributed by atoms with E-state index in [1.807, 2.05) is 24.3 Å². The van der Waals surface area contributed by atoms with Gasteiger partial charge in [-0.05, 0) is 55.4 Å². The average Bonchev–Trinajstić information content (AvgIpc) is 2.48. The molecule has 1 aromatic carbocycles. The van der Waals surface area contributed by atoms with E-state index in [9.17, 15) is 9.90 Å². The lowest BCUT2D eigenvalue weighted by Crippen LogP contribution is -2.50. The molecular formula is C17H25NO3. The molecule has 0 saturated heterocycles. The number of carboxylic acid groups (broad SMARTS) is 1. The van der Waals surface area contributed by atoms with E-state index in [-0.39, 0.29) is 0 Å². The topological polar surface area (TPSA) is 58.6 Å². The molecule has 1 fully saturated rings. The van der Waals surface area contributed by atoms with Crippen molar-refractivity contribution in [3.8, 4) is 5.75 Å². The van der Waals surface area contributed by atoms with E-state index < -0.39 is 11.5 Å². The highest BCUT2D eigenvalue weighted by molar-refractivity contribution is 5.83. The van der Waals surface area contributed by atoms with Crippen molar-refractivity contribution in [2.45, 2.75) is 45.1 Å². The van der Waals surface area contributed by atoms with Gasteiger partial charge in [0.25, 0.3) is 0 Å². The zero-order chi connectivity index (χ0) is 15.5. The number of ether oxygens (including phenoxy) is 1. The Balaban J connectivity index is 2.19. The monoisotopic (exact) mass is 291 g/mol. The Kier molecular flexibility index (Phi) is 4.76. The van der Waals surface area contributed by atoms with Crippen molar-refractivity contribution in [3.63, 3.8) is 0 Å². The first kappa shape index (κ1) is 15.7. The minimum Gasteiger partial charge on any atom is -0.497 e. The van der Waals surface area contributed by atoms with Gasteiger partial charge in [0.15, 0.2) is 0 Å². The molecule has 1 saturated carbocycles. The van der Waals surface area contributed by atoms with Crippen LogP contribution in [-0.4, -0.2) is 23.7 Å². The fraction of sp³-hybridized carbons (Fsp3) is 0.588. The van der Waals surface area contributed by atoms with Gasteiger partial charge in [-0.1, -0.05) is 20.3 Å². The van der Waals surface area contributed by atoms with Crippen molar-refractivity contribution >= 4 is 11.7 Å². The zero-order valence-electron chi connectivity index (χ0n) is 13.1. The molecule has 1 aliphatic carbocycles. The van der Waals surface area contributed by atoms with Crippen molar-refractivity contribution in [3.05, 3.63) is 24.3 Å². The molecule has 21 heavy (non-hydrogen) atoms. The van der Waals surface area contributed by atoms with E-state index in [1.165, 1.54) is 0 Å². The number of aliphatic carboxylic acids is 1. The van der Waals surface area contributed by atoms with Crippen molar-refractivity contribution in [2.24, 2.45) is 11.8 Å². The Hall–Kier alpha value is -1.71. The number of anilines is 1. The summed E-state index contributed by atoms with van der Waals surface area (Å²) in [5.74, 6) is 1.000. The number of rotatable bonds is 5. The average molecular weight is 291 g/mol. The molecule has 4 nitrogen and oxygen atoms in total. The zero-order valence-corrected chi connectivity index (χ0v) is 13.1. The summed E-state index contributed by atoms with van der Waals surface area (Å²) in [5, 5.41) is 13.0. The molecule has 1 aliphatic rings. The first-order valence-corrected chi connectivity index (χ1v) is 7.62. The summed E-state index contributed by atoms with van der Waals surface area (Å²) in [6.07, 6.45) is 3.44. The van der Waals surface area contributed by atoms with Gasteiger partial charge in [-0.3, -0.25) is 0 Å². The van der Waals surface area contributed by atoms with Crippen molar-refractivity contribution in [1.29, 1.82) is 0 Å². The molecule has 116 valence electrons. The van der Waals surface area contributed by atoms with Crippen molar-refractivity contribution in [2.75, 3.05) is 12.4 Å². The summed E-state index contributed by atoms with van der Waals surface area (Å²) in [4.78, 5) is 11.9. The Labute approximate surface area is 126 Å². The molecule has 0 radical (unpaired) electrons. The maximum Gasteiger partial charge on any atom is 0.329 e. The van der Waals surface area contributed by atoms with Gasteiger partial charge in [0.05, 0.1) is 7.11 Å². The standard InChI is InChI=1S/C17H25NO3/c1-12(2)13-5-4-10-17(11-13,16(19)20)18-14-6-8-15(21-3)9-7-14/h6-9,12-13,18H,4-5,10-11H2,1-3H3,(H,19,20). The van der Waals surface area contributed by atoms with Gasteiger partial charge in [-0.25, -0.2) is 4.79 Å². The number of hydrogen-bond donors (Lipinski definition) is 2. The summed E-state index contributed by atoms with van der Waals surface area (Å²) in [6, 6.07) is 7.45. The van der Waals surface area contributed by atoms with Gasteiger partial charge in [-0.2, -0.15) is 0 Å². The summed E-state index contributed by atoms with van der Waals surface area (Å²) in [6.45, 7) is 4.35. The first-order valence-electron chi connectivity index (χ1n) is 7.62. The van der Waals surface area contributed by atoms with E-state index in [0.29, 0.717) is 24.7 Å². The molecule has 0 heterocycles. The van der Waals surface area contributed by atoms with Crippen LogP contribution in [0, 0.1) is 11.8 Å². The Morgan fingerprint density at radius 1 is 1.38 bits per heavy atom. The number of benzene rings is 1. The number of methoxy groups -OCH3 is 1. The molecule has 2 N–H and O–H groups in total. The maximum absolute atomic E-state index is 11.9. The first-order chi connectivity index (χ1) is 9.97. The second-order valence-corrected chi connectivity index (χ2v) is 6.34. The third-order valence-corrected chi connectivity index (χ3v) is 4.61. The highest BCUT2D eigenvalue weighted by atomic mass is 16.5. The van der Waals surface area contributed by atoms with Gasteiger partial charge < -0.3 is 15.2 Å². The number of carbonyl (C=O) groups is 1. The fourth-order valence-electron chi connectivity index (χ4n) is 3.20. The summed E-state index contributed by atoms with van der Waals surface area (Å²) >= 11 is 0. The van der Waals surface area contributed by atoms with Crippen LogP contribution in [0.5, 0.6) is 5.75 Å². The van der Waals surface area contributed by atoms with Crippen LogP contribution in [0.2, 0.25) is 0 Å². The van der Waals surface area contributed by atoms with Crippen LogP contribution in [0.4, 0.5) is 5.69 Å². The van der Waals surface area contributed by atoms with E-state index in [2.05, 4.69) is 19.2 Å². The quantitative estimate of drug-likeness (QED) is 0.867. The van der Waals surface area contributed by atoms with Crippen LogP contribution in [-0.2, 0) is 4.79 Å². The van der Waals surface area contributed by atoms with E-state index in [1.54, 1.807) is 7.11 Å². The van der Waals surface area contributed by atoms with Crippen LogP contribution >= 0.6 is 0 Å². The predicted molar refractivity (Wildman–Crippen MR) is 83.8 cm³/mol. The second kappa shape index (κ2) is 6.37. The molecule has 0 spiro atoms. The highest BCUT2D eigenvalue weighted by Gasteiger charge is 2.43. The minimum absolute atomic E-state index is 0.459. The van der Waals surface area contributed by atoms with E-state index in [4.69, 9.17) is 4.74 Å². The van der Waals surface area contributed by atoms with Gasteiger partial charge in [0.2, 0.25) is 0 Å². The molecule has 2 unspecified atom stereocenters. The van der Waals surface area contributed by atoms with Crippen molar-refractivity contribution in [1.82, 2.24) is 0 Å². The lowest BCUT2D eigenvalue weighted by atomic mass is 9.71. The third kappa shape index (κ3) is 3.49. The highest BCUT2D eigenvalue weighted by Crippen LogP contribution is 2.39. The van der Waals surface area contributed by atoms with Gasteiger partial charge in [0, 0.05) is 5.69 Å². The van der Waals surface area contributed by atoms with E-state index >= 15 is 0 Å². The SMILES string of the molecule is COc1ccc(NC2(C(=O)O)CCCC(C(C)C)C2)cc1. The Morgan fingerprint density at radius 2 is 2.05 bits per heavy atom. The molecule has 4 heteroatoms. The third-order valence-electron chi connectivity index (χ3n) is 4.61. The molecule has 0 bridgehead atoms. The van der Waals surface area contributed by atoms with Crippen molar-refractivity contribution < 1.29 is 14.6 Å². The lowest BCUT2D eigenvalue weighted by molar-refractivity contribution is -0.144. The molecule has 2 rings (SSSR count). The number of nitrogens with one attached hydrogen (secondary N) is 1. The smallest absolute Gasteiger partial charge is 0.329 e. The lowest BCUT2D eigenvalue weighted by Gasteiger charge is -2.40. The normalized spacial score (nSPS) is 25.6. The minimum atomic E-state index is -0.845. The predicted octanol–water partition coefficient (Wildman–Crippen LogP) is 3.78. The molecule has 2 atom stereocenters. The van der Waals surface area contributed by atoms with Crippen LogP contribution in [0.1, 0.15) is 39.5 Å². The molecule has 0 aliphatic heterocycles. The number of hydrogen-bond acceptors (Lipinski definition) is 3. The molecule has 1 aromatic rings. The summed E-state index contributed by atoms with van der Waals surface area (Å²) < 4.78 is 5.14. The molecular weight excluding hydrogens is 266 g/mol. The van der Waals surface area contributed by atoms with E-state index in [0.717, 1.165) is 24.3 Å². The van der Waals surface area contributed by atoms with Crippen LogP contribution in [0.3, 0.4) is 0 Å². The largest absolute Gasteiger partial charge is 0.497 e. The van der Waals surface area contributed by atoms with Crippen LogP contribution in [0.15, 0.2) is 24.3 Å². The van der Waals surface area contributed by atoms with Crippen LogP contribution < -0.4 is 10.1 Å². The van der Waals surface area contributed by atoms with Gasteiger partial charge >= 0.3 is 5.97 Å².